The SMILES string of the molecule is CC(C)N1C(=O)C23C=CC(C)(c4ccccc42)C2c4ccccc4C3(C1=O)c1ccccc12. The second kappa shape index (κ2) is 5.72. The molecule has 2 unspecified atom stereocenters. The van der Waals surface area contributed by atoms with Crippen molar-refractivity contribution in [2.24, 2.45) is 0 Å². The number of rotatable bonds is 1. The number of carbonyl (C=O) groups is 2. The highest BCUT2D eigenvalue weighted by atomic mass is 16.2. The summed E-state index contributed by atoms with van der Waals surface area (Å²) in [6.45, 7) is 6.16. The monoisotopic (exact) mass is 431 g/mol. The smallest absolute Gasteiger partial charge is 0.246 e. The maximum absolute atomic E-state index is 14.7. The van der Waals surface area contributed by atoms with E-state index in [1.165, 1.54) is 4.90 Å². The number of hydrogen-bond donors (Lipinski definition) is 0. The molecule has 8 rings (SSSR count). The number of amides is 2. The molecule has 3 aromatic carbocycles. The molecule has 0 aromatic heterocycles. The van der Waals surface area contributed by atoms with Crippen molar-refractivity contribution >= 4 is 11.8 Å². The second-order valence-corrected chi connectivity index (χ2v) is 10.4. The van der Waals surface area contributed by atoms with Gasteiger partial charge in [-0.1, -0.05) is 91.9 Å². The van der Waals surface area contributed by atoms with Crippen LogP contribution in [0.1, 0.15) is 60.1 Å². The van der Waals surface area contributed by atoms with E-state index in [4.69, 9.17) is 0 Å². The molecule has 4 aliphatic carbocycles. The van der Waals surface area contributed by atoms with Gasteiger partial charge in [0.2, 0.25) is 11.8 Å². The van der Waals surface area contributed by atoms with Crippen LogP contribution in [0.3, 0.4) is 0 Å². The summed E-state index contributed by atoms with van der Waals surface area (Å²) in [6, 6.07) is 24.8. The van der Waals surface area contributed by atoms with Crippen LogP contribution in [0.4, 0.5) is 0 Å². The molecule has 2 atom stereocenters. The number of hydrogen-bond acceptors (Lipinski definition) is 2. The Labute approximate surface area is 193 Å². The summed E-state index contributed by atoms with van der Waals surface area (Å²) in [6.07, 6.45) is 4.33. The van der Waals surface area contributed by atoms with Crippen molar-refractivity contribution in [3.63, 3.8) is 0 Å². The van der Waals surface area contributed by atoms with Gasteiger partial charge in [-0.15, -0.1) is 0 Å². The minimum Gasteiger partial charge on any atom is -0.278 e. The third kappa shape index (κ3) is 1.74. The van der Waals surface area contributed by atoms with Crippen LogP contribution in [-0.2, 0) is 25.8 Å². The normalized spacial score (nSPS) is 32.4. The van der Waals surface area contributed by atoms with E-state index < -0.39 is 10.8 Å². The quantitative estimate of drug-likeness (QED) is 0.403. The van der Waals surface area contributed by atoms with Gasteiger partial charge in [-0.25, -0.2) is 0 Å². The molecule has 2 spiro atoms. The van der Waals surface area contributed by atoms with Crippen LogP contribution in [-0.4, -0.2) is 22.8 Å². The van der Waals surface area contributed by atoms with Crippen molar-refractivity contribution in [3.8, 4) is 0 Å². The molecule has 1 aliphatic heterocycles. The second-order valence-electron chi connectivity index (χ2n) is 10.4. The first kappa shape index (κ1) is 19.0. The van der Waals surface area contributed by atoms with Gasteiger partial charge >= 0.3 is 0 Å². The number of imide groups is 1. The lowest BCUT2D eigenvalue weighted by Gasteiger charge is -2.57. The van der Waals surface area contributed by atoms with Gasteiger partial charge in [-0.3, -0.25) is 14.5 Å². The Bertz CT molecular complexity index is 1380. The van der Waals surface area contributed by atoms with Gasteiger partial charge in [0.15, 0.2) is 0 Å². The predicted octanol–water partition coefficient (Wildman–Crippen LogP) is 4.97. The largest absolute Gasteiger partial charge is 0.278 e. The molecule has 5 aliphatic rings. The van der Waals surface area contributed by atoms with E-state index in [1.807, 2.05) is 32.0 Å². The van der Waals surface area contributed by atoms with Crippen LogP contribution in [0, 0.1) is 0 Å². The first-order valence-electron chi connectivity index (χ1n) is 11.8. The third-order valence-electron chi connectivity index (χ3n) is 8.77. The fraction of sp³-hybridized carbons (Fsp3) is 0.267. The van der Waals surface area contributed by atoms with E-state index in [2.05, 4.69) is 73.7 Å². The van der Waals surface area contributed by atoms with Crippen molar-refractivity contribution in [2.45, 2.75) is 49.0 Å². The molecule has 3 aromatic rings. The first-order chi connectivity index (χ1) is 15.9. The lowest BCUT2D eigenvalue weighted by Crippen LogP contribution is -2.60. The van der Waals surface area contributed by atoms with E-state index in [9.17, 15) is 9.59 Å². The van der Waals surface area contributed by atoms with Crippen molar-refractivity contribution in [2.75, 3.05) is 0 Å². The minimum absolute atomic E-state index is 0.0576. The molecule has 0 saturated carbocycles. The Morgan fingerprint density at radius 1 is 0.697 bits per heavy atom. The molecular weight excluding hydrogens is 406 g/mol. The number of carbonyl (C=O) groups excluding carboxylic acids is 2. The van der Waals surface area contributed by atoms with Gasteiger partial charge in [-0.2, -0.15) is 0 Å². The average Bonchev–Trinajstić information content (AvgIpc) is 2.99. The van der Waals surface area contributed by atoms with Gasteiger partial charge in [0, 0.05) is 17.4 Å². The molecule has 162 valence electrons. The first-order valence-corrected chi connectivity index (χ1v) is 11.8. The lowest BCUT2D eigenvalue weighted by atomic mass is 9.42. The highest BCUT2D eigenvalue weighted by molar-refractivity contribution is 6.20. The molecular formula is C30H25NO2. The maximum Gasteiger partial charge on any atom is 0.246 e. The standard InChI is InChI=1S/C30H25NO2/c1-18(2)31-26(32)29-17-16-28(3,23-14-8-9-15-24(23)29)25-19-10-4-6-12-21(19)30(29,27(31)33)22-13-7-5-11-20(22)25/h4-18,25H,1-3H3. The van der Waals surface area contributed by atoms with Crippen LogP contribution in [0.15, 0.2) is 84.9 Å². The van der Waals surface area contributed by atoms with Crippen molar-refractivity contribution in [3.05, 3.63) is 118 Å². The van der Waals surface area contributed by atoms with Crippen LogP contribution in [0.2, 0.25) is 0 Å². The zero-order valence-corrected chi connectivity index (χ0v) is 19.0. The van der Waals surface area contributed by atoms with Crippen molar-refractivity contribution < 1.29 is 9.59 Å². The van der Waals surface area contributed by atoms with Crippen molar-refractivity contribution in [1.82, 2.24) is 4.90 Å². The fourth-order valence-electron chi connectivity index (χ4n) is 7.60. The molecule has 3 nitrogen and oxygen atoms in total. The zero-order valence-electron chi connectivity index (χ0n) is 19.0. The molecule has 0 N–H and O–H groups in total. The minimum atomic E-state index is -1.12. The molecule has 33 heavy (non-hydrogen) atoms. The molecule has 4 bridgehead atoms. The summed E-state index contributed by atoms with van der Waals surface area (Å²) in [5.41, 5.74) is 3.86. The van der Waals surface area contributed by atoms with Gasteiger partial charge in [0.1, 0.15) is 10.8 Å². The van der Waals surface area contributed by atoms with Crippen LogP contribution in [0.5, 0.6) is 0 Å². The Hall–Kier alpha value is -3.46. The van der Waals surface area contributed by atoms with E-state index in [0.29, 0.717) is 0 Å². The van der Waals surface area contributed by atoms with Crippen LogP contribution >= 0.6 is 0 Å². The summed E-state index contributed by atoms with van der Waals surface area (Å²) in [5, 5.41) is 0. The van der Waals surface area contributed by atoms with Gasteiger partial charge in [0.25, 0.3) is 0 Å². The average molecular weight is 432 g/mol. The summed E-state index contributed by atoms with van der Waals surface area (Å²) in [7, 11) is 0. The van der Waals surface area contributed by atoms with Gasteiger partial charge in [0.05, 0.1) is 0 Å². The van der Waals surface area contributed by atoms with Crippen LogP contribution < -0.4 is 0 Å². The summed E-state index contributed by atoms with van der Waals surface area (Å²) < 4.78 is 0. The van der Waals surface area contributed by atoms with E-state index in [0.717, 1.165) is 33.4 Å². The number of nitrogens with zero attached hydrogens (tertiary/aromatic N) is 1. The van der Waals surface area contributed by atoms with Gasteiger partial charge < -0.3 is 0 Å². The predicted molar refractivity (Wildman–Crippen MR) is 127 cm³/mol. The molecule has 3 heteroatoms. The van der Waals surface area contributed by atoms with Crippen molar-refractivity contribution in [1.29, 1.82) is 0 Å². The topological polar surface area (TPSA) is 37.4 Å². The summed E-state index contributed by atoms with van der Waals surface area (Å²) in [5.74, 6) is -0.161. The Morgan fingerprint density at radius 3 is 1.79 bits per heavy atom. The maximum atomic E-state index is 14.7. The van der Waals surface area contributed by atoms with E-state index in [-0.39, 0.29) is 29.2 Å². The zero-order chi connectivity index (χ0) is 22.8. The van der Waals surface area contributed by atoms with Crippen LogP contribution in [0.25, 0.3) is 0 Å². The summed E-state index contributed by atoms with van der Waals surface area (Å²) in [4.78, 5) is 30.8. The van der Waals surface area contributed by atoms with Gasteiger partial charge in [-0.05, 0) is 47.2 Å². The molecule has 0 radical (unpaired) electrons. The Kier molecular flexibility index (Phi) is 3.30. The number of likely N-dealkylation sites (tertiary alicyclic amines) is 1. The number of benzene rings is 3. The Morgan fingerprint density at radius 2 is 1.21 bits per heavy atom. The highest BCUT2D eigenvalue weighted by Gasteiger charge is 2.76. The fourth-order valence-corrected chi connectivity index (χ4v) is 7.60. The molecule has 1 saturated heterocycles. The number of allylic oxidation sites excluding steroid dienone is 1. The molecule has 1 heterocycles. The van der Waals surface area contributed by atoms with E-state index >= 15 is 0 Å². The molecule has 2 amide bonds. The van der Waals surface area contributed by atoms with E-state index in [1.54, 1.807) is 0 Å². The highest BCUT2D eigenvalue weighted by Crippen LogP contribution is 2.69. The third-order valence-corrected chi connectivity index (χ3v) is 8.77. The Balaban J connectivity index is 1.80. The summed E-state index contributed by atoms with van der Waals surface area (Å²) >= 11 is 0. The molecule has 1 fully saturated rings. The lowest BCUT2D eigenvalue weighted by molar-refractivity contribution is -0.142.